The molecular formula is C17H24N2S. The lowest BCUT2D eigenvalue weighted by Gasteiger charge is -2.02. The molecule has 0 radical (unpaired) electrons. The van der Waals surface area contributed by atoms with E-state index in [0.29, 0.717) is 10.6 Å². The van der Waals surface area contributed by atoms with Gasteiger partial charge in [0.1, 0.15) is 0 Å². The Hall–Kier alpha value is -1.71. The molecule has 0 aliphatic rings. The van der Waals surface area contributed by atoms with Crippen LogP contribution in [0.1, 0.15) is 18.1 Å². The van der Waals surface area contributed by atoms with Gasteiger partial charge in [0.2, 0.25) is 0 Å². The molecule has 20 heavy (non-hydrogen) atoms. The normalized spacial score (nSPS) is 11.4. The van der Waals surface area contributed by atoms with Crippen LogP contribution < -0.4 is 11.1 Å². The van der Waals surface area contributed by atoms with E-state index in [1.54, 1.807) is 0 Å². The number of allylic oxidation sites excluding steroid dienone is 3. The standard InChI is InChI=1S/C15H17NS.C2H7N/c1-4-13-6-8-14(9-7-13)11(2)5-10-15(16)12(3)17;1-3-2/h4-10,17H,1,3,16H2,2H3;3H,1-2H3/b11-5+,15-10+;. The lowest BCUT2D eigenvalue weighted by Crippen LogP contribution is -1.94. The summed E-state index contributed by atoms with van der Waals surface area (Å²) in [5, 5.41) is 2.75. The third-order valence-corrected chi connectivity index (χ3v) is 2.71. The molecule has 108 valence electrons. The number of hydrogen-bond donors (Lipinski definition) is 3. The lowest BCUT2D eigenvalue weighted by molar-refractivity contribution is 1.02. The van der Waals surface area contributed by atoms with Gasteiger partial charge in [-0.3, -0.25) is 0 Å². The molecule has 0 unspecified atom stereocenters. The van der Waals surface area contributed by atoms with Gasteiger partial charge in [0.15, 0.2) is 0 Å². The maximum Gasteiger partial charge on any atom is 0.0443 e. The summed E-state index contributed by atoms with van der Waals surface area (Å²) in [6.07, 6.45) is 5.59. The van der Waals surface area contributed by atoms with Crippen molar-refractivity contribution < 1.29 is 0 Å². The summed E-state index contributed by atoms with van der Waals surface area (Å²) in [5.74, 6) is 0. The van der Waals surface area contributed by atoms with Gasteiger partial charge >= 0.3 is 0 Å². The molecule has 1 aromatic rings. The molecule has 0 aromatic heterocycles. The second-order valence-electron chi connectivity index (χ2n) is 4.24. The number of thiol groups is 1. The first-order valence-corrected chi connectivity index (χ1v) is 6.74. The maximum absolute atomic E-state index is 5.72. The van der Waals surface area contributed by atoms with E-state index in [9.17, 15) is 0 Å². The lowest BCUT2D eigenvalue weighted by atomic mass is 10.0. The fourth-order valence-electron chi connectivity index (χ4n) is 1.29. The van der Waals surface area contributed by atoms with E-state index in [1.165, 1.54) is 0 Å². The fourth-order valence-corrected chi connectivity index (χ4v) is 1.36. The zero-order valence-corrected chi connectivity index (χ0v) is 13.4. The van der Waals surface area contributed by atoms with Gasteiger partial charge in [-0.2, -0.15) is 0 Å². The van der Waals surface area contributed by atoms with Crippen LogP contribution >= 0.6 is 12.6 Å². The Balaban J connectivity index is 0.00000110. The summed E-state index contributed by atoms with van der Waals surface area (Å²) in [4.78, 5) is 0.580. The highest BCUT2D eigenvalue weighted by Crippen LogP contribution is 2.16. The van der Waals surface area contributed by atoms with Crippen LogP contribution in [0.3, 0.4) is 0 Å². The number of hydrogen-bond acceptors (Lipinski definition) is 3. The van der Waals surface area contributed by atoms with E-state index < -0.39 is 0 Å². The molecule has 3 heteroatoms. The van der Waals surface area contributed by atoms with E-state index in [4.69, 9.17) is 5.73 Å². The zero-order chi connectivity index (χ0) is 15.5. The molecule has 2 nitrogen and oxygen atoms in total. The summed E-state index contributed by atoms with van der Waals surface area (Å²) in [7, 11) is 3.75. The van der Waals surface area contributed by atoms with Gasteiger partial charge in [0.25, 0.3) is 0 Å². The smallest absolute Gasteiger partial charge is 0.0443 e. The van der Waals surface area contributed by atoms with Crippen molar-refractivity contribution in [1.29, 1.82) is 0 Å². The van der Waals surface area contributed by atoms with E-state index in [-0.39, 0.29) is 0 Å². The van der Waals surface area contributed by atoms with Gasteiger partial charge in [-0.1, -0.05) is 49.6 Å². The number of nitrogens with one attached hydrogen (secondary N) is 1. The average Bonchev–Trinajstić information content (AvgIpc) is 2.45. The first-order valence-electron chi connectivity index (χ1n) is 6.29. The van der Waals surface area contributed by atoms with Crippen LogP contribution in [-0.2, 0) is 0 Å². The van der Waals surface area contributed by atoms with Crippen LogP contribution in [0.2, 0.25) is 0 Å². The number of rotatable bonds is 4. The van der Waals surface area contributed by atoms with Crippen molar-refractivity contribution in [3.8, 4) is 0 Å². The molecule has 0 saturated carbocycles. The molecule has 0 aliphatic heterocycles. The molecule has 0 aliphatic carbocycles. The quantitative estimate of drug-likeness (QED) is 0.581. The fraction of sp³-hybridized carbons (Fsp3) is 0.176. The first kappa shape index (κ1) is 18.3. The van der Waals surface area contributed by atoms with Crippen molar-refractivity contribution in [2.24, 2.45) is 5.73 Å². The second-order valence-corrected chi connectivity index (χ2v) is 4.78. The van der Waals surface area contributed by atoms with E-state index >= 15 is 0 Å². The van der Waals surface area contributed by atoms with E-state index in [0.717, 1.165) is 16.7 Å². The Bertz CT molecular complexity index is 496. The van der Waals surface area contributed by atoms with Gasteiger partial charge in [0, 0.05) is 10.6 Å². The van der Waals surface area contributed by atoms with Crippen molar-refractivity contribution in [3.63, 3.8) is 0 Å². The van der Waals surface area contributed by atoms with Gasteiger partial charge in [-0.05, 0) is 43.8 Å². The minimum atomic E-state index is 0.579. The van der Waals surface area contributed by atoms with Gasteiger partial charge in [-0.15, -0.1) is 12.6 Å². The molecule has 0 heterocycles. The van der Waals surface area contributed by atoms with Gasteiger partial charge < -0.3 is 11.1 Å². The van der Waals surface area contributed by atoms with Crippen molar-refractivity contribution in [1.82, 2.24) is 5.32 Å². The Kier molecular flexibility index (Phi) is 9.26. The van der Waals surface area contributed by atoms with Crippen molar-refractivity contribution in [2.45, 2.75) is 6.92 Å². The molecular weight excluding hydrogens is 264 g/mol. The van der Waals surface area contributed by atoms with E-state index in [1.807, 2.05) is 51.4 Å². The summed E-state index contributed by atoms with van der Waals surface area (Å²) in [5.41, 5.74) is 9.70. The van der Waals surface area contributed by atoms with Crippen LogP contribution in [0.25, 0.3) is 11.6 Å². The highest BCUT2D eigenvalue weighted by atomic mass is 32.1. The molecule has 0 bridgehead atoms. The van der Waals surface area contributed by atoms with Crippen LogP contribution in [0.4, 0.5) is 0 Å². The molecule has 1 aromatic carbocycles. The third-order valence-electron chi connectivity index (χ3n) is 2.45. The molecule has 3 N–H and O–H groups in total. The molecule has 0 fully saturated rings. The highest BCUT2D eigenvalue weighted by molar-refractivity contribution is 7.84. The number of benzene rings is 1. The largest absolute Gasteiger partial charge is 0.398 e. The first-order chi connectivity index (χ1) is 9.46. The molecule has 0 amide bonds. The van der Waals surface area contributed by atoms with Crippen molar-refractivity contribution in [3.05, 3.63) is 71.3 Å². The summed E-state index contributed by atoms with van der Waals surface area (Å²) < 4.78 is 0. The summed E-state index contributed by atoms with van der Waals surface area (Å²) in [6, 6.07) is 8.18. The topological polar surface area (TPSA) is 38.0 Å². The second kappa shape index (κ2) is 10.1. The molecule has 0 saturated heterocycles. The van der Waals surface area contributed by atoms with Crippen LogP contribution in [0.5, 0.6) is 0 Å². The third kappa shape index (κ3) is 7.02. The predicted octanol–water partition coefficient (Wildman–Crippen LogP) is 3.85. The van der Waals surface area contributed by atoms with E-state index in [2.05, 4.69) is 43.2 Å². The summed E-state index contributed by atoms with van der Waals surface area (Å²) >= 11 is 4.08. The van der Waals surface area contributed by atoms with Crippen LogP contribution in [-0.4, -0.2) is 14.1 Å². The SMILES string of the molecule is C=Cc1ccc(/C(C)=C/C=C(/N)C(=C)S)cc1.CNC. The van der Waals surface area contributed by atoms with Crippen LogP contribution in [0.15, 0.2) is 60.2 Å². The van der Waals surface area contributed by atoms with Gasteiger partial charge in [0.05, 0.1) is 0 Å². The van der Waals surface area contributed by atoms with Crippen LogP contribution in [0, 0.1) is 0 Å². The maximum atomic E-state index is 5.72. The van der Waals surface area contributed by atoms with Gasteiger partial charge in [-0.25, -0.2) is 0 Å². The number of nitrogens with two attached hydrogens (primary N) is 1. The molecule has 0 atom stereocenters. The molecule has 1 rings (SSSR count). The Morgan fingerprint density at radius 3 is 2.10 bits per heavy atom. The predicted molar refractivity (Wildman–Crippen MR) is 95.6 cm³/mol. The highest BCUT2D eigenvalue weighted by Gasteiger charge is 1.95. The Morgan fingerprint density at radius 1 is 1.20 bits per heavy atom. The van der Waals surface area contributed by atoms with Crippen molar-refractivity contribution in [2.75, 3.05) is 14.1 Å². The zero-order valence-electron chi connectivity index (χ0n) is 12.5. The summed E-state index contributed by atoms with van der Waals surface area (Å²) in [6.45, 7) is 9.42. The Labute approximate surface area is 128 Å². The molecule has 0 spiro atoms. The Morgan fingerprint density at radius 2 is 1.70 bits per heavy atom. The minimum absolute atomic E-state index is 0.579. The van der Waals surface area contributed by atoms with Crippen molar-refractivity contribution >= 4 is 24.3 Å². The minimum Gasteiger partial charge on any atom is -0.398 e. The monoisotopic (exact) mass is 288 g/mol. The average molecular weight is 288 g/mol.